The number of furan rings is 1. The summed E-state index contributed by atoms with van der Waals surface area (Å²) in [5, 5.41) is 9.17. The fourth-order valence-electron chi connectivity index (χ4n) is 5.72. The van der Waals surface area contributed by atoms with Crippen LogP contribution in [0.5, 0.6) is 11.5 Å². The van der Waals surface area contributed by atoms with Gasteiger partial charge in [0.05, 0.1) is 18.6 Å². The summed E-state index contributed by atoms with van der Waals surface area (Å²) in [6.07, 6.45) is 0.673. The van der Waals surface area contributed by atoms with Gasteiger partial charge in [0.15, 0.2) is 12.0 Å². The van der Waals surface area contributed by atoms with Crippen LogP contribution in [0.3, 0.4) is 0 Å². The number of aldehydes is 1. The first-order valence-electron chi connectivity index (χ1n) is 13.6. The lowest BCUT2D eigenvalue weighted by Crippen LogP contribution is -2.28. The molecule has 1 heterocycles. The normalized spacial score (nSPS) is 12.9. The Kier molecular flexibility index (Phi) is 7.67. The molecular weight excluding hydrogens is 516 g/mol. The molecule has 206 valence electrons. The summed E-state index contributed by atoms with van der Waals surface area (Å²) in [6.45, 7) is 1.27. The van der Waals surface area contributed by atoms with Gasteiger partial charge in [-0.05, 0) is 69.8 Å². The molecule has 6 nitrogen and oxygen atoms in total. The van der Waals surface area contributed by atoms with E-state index < -0.39 is 5.41 Å². The molecule has 0 unspecified atom stereocenters. The van der Waals surface area contributed by atoms with Crippen LogP contribution in [-0.2, 0) is 16.8 Å². The molecule has 4 aromatic carbocycles. The van der Waals surface area contributed by atoms with Crippen molar-refractivity contribution >= 4 is 6.29 Å². The summed E-state index contributed by atoms with van der Waals surface area (Å²) >= 11 is 0. The fraction of sp³-hybridized carbons (Fsp3) is 0.171. The molecule has 0 saturated carbocycles. The van der Waals surface area contributed by atoms with Gasteiger partial charge in [0, 0.05) is 0 Å². The molecule has 0 atom stereocenters. The average molecular weight is 547 g/mol. The van der Waals surface area contributed by atoms with E-state index in [1.807, 2.05) is 24.3 Å². The summed E-state index contributed by atoms with van der Waals surface area (Å²) in [5.74, 6) is 2.36. The predicted octanol–water partition coefficient (Wildman–Crippen LogP) is 6.42. The van der Waals surface area contributed by atoms with Crippen LogP contribution in [0.2, 0.25) is 0 Å². The average Bonchev–Trinajstić information content (AvgIpc) is 3.61. The van der Waals surface area contributed by atoms with Crippen LogP contribution in [0, 0.1) is 0 Å². The Bertz CT molecular complexity index is 1570. The molecule has 6 heteroatoms. The molecule has 41 heavy (non-hydrogen) atoms. The fourth-order valence-corrected chi connectivity index (χ4v) is 5.72. The lowest BCUT2D eigenvalue weighted by Gasteiger charge is -2.34. The summed E-state index contributed by atoms with van der Waals surface area (Å²) in [5.41, 5.74) is 6.63. The first kappa shape index (κ1) is 26.6. The Hall–Kier alpha value is -4.65. The maximum atomic E-state index is 10.8. The molecule has 0 radical (unpaired) electrons. The van der Waals surface area contributed by atoms with Crippen LogP contribution < -0.4 is 9.47 Å². The molecule has 1 aliphatic carbocycles. The molecule has 5 aromatic rings. The van der Waals surface area contributed by atoms with E-state index in [4.69, 9.17) is 23.7 Å². The maximum absolute atomic E-state index is 10.8. The van der Waals surface area contributed by atoms with Crippen LogP contribution in [-0.4, -0.2) is 37.8 Å². The maximum Gasteiger partial charge on any atom is 0.185 e. The van der Waals surface area contributed by atoms with E-state index in [9.17, 15) is 4.79 Å². The minimum atomic E-state index is -0.520. The Balaban J connectivity index is 1.28. The summed E-state index contributed by atoms with van der Waals surface area (Å²) < 4.78 is 22.6. The van der Waals surface area contributed by atoms with E-state index in [1.54, 1.807) is 12.1 Å². The Morgan fingerprint density at radius 1 is 0.659 bits per heavy atom. The zero-order valence-corrected chi connectivity index (χ0v) is 22.5. The van der Waals surface area contributed by atoms with Crippen molar-refractivity contribution in [3.05, 3.63) is 143 Å². The molecule has 0 aliphatic heterocycles. The van der Waals surface area contributed by atoms with Crippen LogP contribution in [0.25, 0.3) is 11.1 Å². The number of aliphatic hydroxyl groups is 1. The number of benzene rings is 4. The molecular formula is C35H30O6. The summed E-state index contributed by atoms with van der Waals surface area (Å²) in [7, 11) is 0. The van der Waals surface area contributed by atoms with Gasteiger partial charge < -0.3 is 23.7 Å². The van der Waals surface area contributed by atoms with Crippen molar-refractivity contribution in [3.8, 4) is 22.6 Å². The van der Waals surface area contributed by atoms with E-state index >= 15 is 0 Å². The number of aliphatic hydroxyl groups excluding tert-OH is 1. The third-order valence-electron chi connectivity index (χ3n) is 7.43. The number of carbonyl (C=O) groups excluding carboxylic acids is 1. The number of fused-ring (bicyclic) bond motifs is 3. The number of carbonyl (C=O) groups is 1. The molecule has 0 amide bonds. The van der Waals surface area contributed by atoms with E-state index in [0.29, 0.717) is 25.3 Å². The molecule has 0 spiro atoms. The van der Waals surface area contributed by atoms with Gasteiger partial charge >= 0.3 is 0 Å². The zero-order valence-electron chi connectivity index (χ0n) is 22.5. The Morgan fingerprint density at radius 3 is 1.76 bits per heavy atom. The highest BCUT2D eigenvalue weighted by Gasteiger charge is 2.45. The van der Waals surface area contributed by atoms with Gasteiger partial charge in [0.1, 0.15) is 37.1 Å². The van der Waals surface area contributed by atoms with Crippen molar-refractivity contribution in [2.75, 3.05) is 26.4 Å². The third-order valence-corrected chi connectivity index (χ3v) is 7.43. The van der Waals surface area contributed by atoms with Gasteiger partial charge in [0.25, 0.3) is 0 Å². The van der Waals surface area contributed by atoms with Crippen LogP contribution in [0.15, 0.2) is 114 Å². The SMILES string of the molecule is O=Cc1ccc(COCCOc2ccc(C3(c4ccc(OCCO)cc4)c4ccccc4-c4ccccc43)cc2)o1. The monoisotopic (exact) mass is 546 g/mol. The van der Waals surface area contributed by atoms with E-state index in [0.717, 1.165) is 22.6 Å². The number of hydrogen-bond donors (Lipinski definition) is 1. The first-order valence-corrected chi connectivity index (χ1v) is 13.6. The number of rotatable bonds is 12. The van der Waals surface area contributed by atoms with Crippen molar-refractivity contribution in [1.82, 2.24) is 0 Å². The second-order valence-corrected chi connectivity index (χ2v) is 9.78. The lowest BCUT2D eigenvalue weighted by atomic mass is 9.68. The smallest absolute Gasteiger partial charge is 0.185 e. The molecule has 0 saturated heterocycles. The van der Waals surface area contributed by atoms with Crippen LogP contribution in [0.1, 0.15) is 38.6 Å². The predicted molar refractivity (Wildman–Crippen MR) is 156 cm³/mol. The van der Waals surface area contributed by atoms with Crippen molar-refractivity contribution in [3.63, 3.8) is 0 Å². The molecule has 1 aromatic heterocycles. The number of hydrogen-bond acceptors (Lipinski definition) is 6. The Labute approximate surface area is 238 Å². The van der Waals surface area contributed by atoms with Crippen molar-refractivity contribution in [2.24, 2.45) is 0 Å². The summed E-state index contributed by atoms with van der Waals surface area (Å²) in [4.78, 5) is 10.8. The van der Waals surface area contributed by atoms with Crippen molar-refractivity contribution < 1.29 is 28.5 Å². The van der Waals surface area contributed by atoms with Crippen LogP contribution >= 0.6 is 0 Å². The van der Waals surface area contributed by atoms with Crippen LogP contribution in [0.4, 0.5) is 0 Å². The zero-order chi connectivity index (χ0) is 28.1. The first-order chi connectivity index (χ1) is 20.2. The van der Waals surface area contributed by atoms with Gasteiger partial charge in [-0.2, -0.15) is 0 Å². The molecule has 6 rings (SSSR count). The highest BCUT2D eigenvalue weighted by Crippen LogP contribution is 2.56. The van der Waals surface area contributed by atoms with Crippen molar-refractivity contribution in [1.29, 1.82) is 0 Å². The molecule has 1 N–H and O–H groups in total. The molecule has 0 bridgehead atoms. The minimum Gasteiger partial charge on any atom is -0.491 e. The quantitative estimate of drug-likeness (QED) is 0.141. The largest absolute Gasteiger partial charge is 0.491 e. The standard InChI is InChI=1S/C35H30O6/c36-19-20-39-27-13-9-25(10-14-27)35(33-7-3-1-5-31(33)32-6-2-4-8-34(32)35)26-11-15-28(16-12-26)40-22-21-38-24-30-18-17-29(23-37)41-30/h1-18,23,36H,19-22,24H2. The number of ether oxygens (including phenoxy) is 3. The topological polar surface area (TPSA) is 78.1 Å². The van der Waals surface area contributed by atoms with Crippen molar-refractivity contribution in [2.45, 2.75) is 12.0 Å². The highest BCUT2D eigenvalue weighted by atomic mass is 16.5. The second-order valence-electron chi connectivity index (χ2n) is 9.78. The van der Waals surface area contributed by atoms with E-state index in [-0.39, 0.29) is 25.6 Å². The molecule has 1 aliphatic rings. The summed E-state index contributed by atoms with van der Waals surface area (Å²) in [6, 6.07) is 37.0. The van der Waals surface area contributed by atoms with E-state index in [2.05, 4.69) is 72.8 Å². The van der Waals surface area contributed by atoms with Gasteiger partial charge in [0.2, 0.25) is 0 Å². The highest BCUT2D eigenvalue weighted by molar-refractivity contribution is 5.86. The van der Waals surface area contributed by atoms with Gasteiger partial charge in [-0.25, -0.2) is 0 Å². The van der Waals surface area contributed by atoms with E-state index in [1.165, 1.54) is 22.3 Å². The minimum absolute atomic E-state index is 0.0286. The third kappa shape index (κ3) is 5.04. The van der Waals surface area contributed by atoms with Gasteiger partial charge in [-0.3, -0.25) is 4.79 Å². The van der Waals surface area contributed by atoms with Gasteiger partial charge in [-0.1, -0.05) is 72.8 Å². The second kappa shape index (κ2) is 11.8. The van der Waals surface area contributed by atoms with Gasteiger partial charge in [-0.15, -0.1) is 0 Å². The lowest BCUT2D eigenvalue weighted by molar-refractivity contribution is 0.0771. The molecule has 0 fully saturated rings. The Morgan fingerprint density at radius 2 is 1.22 bits per heavy atom.